The van der Waals surface area contributed by atoms with Crippen molar-refractivity contribution in [1.29, 1.82) is 5.26 Å². The first-order valence-electron chi connectivity index (χ1n) is 8.72. The second-order valence-electron chi connectivity index (χ2n) is 7.07. The molecule has 0 N–H and O–H groups in total. The Morgan fingerprint density at radius 2 is 2.11 bits per heavy atom. The number of carbonyl (C=O) groups excluding carboxylic acids is 3. The Morgan fingerprint density at radius 3 is 2.70 bits per heavy atom. The summed E-state index contributed by atoms with van der Waals surface area (Å²) in [5, 5.41) is 9.14. The number of carbonyl (C=O) groups is 3. The van der Waals surface area contributed by atoms with Gasteiger partial charge >= 0.3 is 12.0 Å². The third kappa shape index (κ3) is 4.22. The molecule has 1 saturated carbocycles. The average molecular weight is 373 g/mol. The zero-order valence-corrected chi connectivity index (χ0v) is 15.7. The molecule has 1 heterocycles. The van der Waals surface area contributed by atoms with Crippen molar-refractivity contribution in [2.75, 3.05) is 26.4 Å². The summed E-state index contributed by atoms with van der Waals surface area (Å²) in [6.07, 6.45) is 7.57. The minimum Gasteiger partial charge on any atom is -0.484 e. The Kier molecular flexibility index (Phi) is 6.12. The van der Waals surface area contributed by atoms with E-state index in [4.69, 9.17) is 21.2 Å². The monoisotopic (exact) mass is 373 g/mol. The lowest BCUT2D eigenvalue weighted by molar-refractivity contribution is -0.151. The number of nitrogens with zero attached hydrogens (tertiary/aromatic N) is 3. The van der Waals surface area contributed by atoms with Gasteiger partial charge in [-0.3, -0.25) is 9.59 Å². The SMILES string of the molecule is C#CCN1CC(=O)N(COC(=O)[C@@H]2[C@@H](/C=C(\C#N)OCCC)C2(C)C)C1=O. The highest BCUT2D eigenvalue weighted by Gasteiger charge is 2.62. The van der Waals surface area contributed by atoms with Crippen LogP contribution in [0.3, 0.4) is 0 Å². The van der Waals surface area contributed by atoms with Crippen LogP contribution in [0.15, 0.2) is 11.8 Å². The number of hydrogen-bond donors (Lipinski definition) is 0. The maximum Gasteiger partial charge on any atom is 0.330 e. The number of nitriles is 1. The summed E-state index contributed by atoms with van der Waals surface area (Å²) in [6, 6.07) is 1.41. The molecule has 1 aliphatic heterocycles. The lowest BCUT2D eigenvalue weighted by Gasteiger charge is -2.15. The molecule has 144 valence electrons. The summed E-state index contributed by atoms with van der Waals surface area (Å²) >= 11 is 0. The number of urea groups is 1. The van der Waals surface area contributed by atoms with Crippen LogP contribution in [0.4, 0.5) is 4.79 Å². The summed E-state index contributed by atoms with van der Waals surface area (Å²) in [4.78, 5) is 38.4. The van der Waals surface area contributed by atoms with Crippen molar-refractivity contribution < 1.29 is 23.9 Å². The largest absolute Gasteiger partial charge is 0.484 e. The Morgan fingerprint density at radius 1 is 1.41 bits per heavy atom. The molecule has 0 bridgehead atoms. The number of allylic oxidation sites excluding steroid dienone is 2. The number of esters is 1. The summed E-state index contributed by atoms with van der Waals surface area (Å²) < 4.78 is 10.5. The van der Waals surface area contributed by atoms with Crippen LogP contribution >= 0.6 is 0 Å². The van der Waals surface area contributed by atoms with E-state index in [9.17, 15) is 14.4 Å². The highest BCUT2D eigenvalue weighted by atomic mass is 16.5. The summed E-state index contributed by atoms with van der Waals surface area (Å²) in [5.74, 6) is 0.816. The molecule has 27 heavy (non-hydrogen) atoms. The first-order chi connectivity index (χ1) is 12.8. The molecule has 0 aromatic carbocycles. The van der Waals surface area contributed by atoms with E-state index in [1.165, 1.54) is 4.90 Å². The van der Waals surface area contributed by atoms with E-state index < -0.39 is 36.0 Å². The van der Waals surface area contributed by atoms with Crippen LogP contribution in [0.2, 0.25) is 0 Å². The molecule has 1 aliphatic carbocycles. The molecule has 3 amide bonds. The van der Waals surface area contributed by atoms with Gasteiger partial charge in [0.1, 0.15) is 12.6 Å². The zero-order valence-electron chi connectivity index (χ0n) is 15.7. The van der Waals surface area contributed by atoms with Gasteiger partial charge in [-0.15, -0.1) is 6.42 Å². The number of rotatable bonds is 8. The lowest BCUT2D eigenvalue weighted by Crippen LogP contribution is -2.36. The average Bonchev–Trinajstić information content (AvgIpc) is 3.06. The highest BCUT2D eigenvalue weighted by Crippen LogP contribution is 2.59. The van der Waals surface area contributed by atoms with Crippen molar-refractivity contribution in [1.82, 2.24) is 9.80 Å². The summed E-state index contributed by atoms with van der Waals surface area (Å²) in [6.45, 7) is 5.58. The number of amides is 3. The van der Waals surface area contributed by atoms with Crippen LogP contribution in [-0.2, 0) is 19.1 Å². The zero-order chi connectivity index (χ0) is 20.2. The van der Waals surface area contributed by atoms with Gasteiger partial charge in [0, 0.05) is 5.92 Å². The van der Waals surface area contributed by atoms with E-state index in [0.717, 1.165) is 11.3 Å². The van der Waals surface area contributed by atoms with E-state index in [-0.39, 0.29) is 24.8 Å². The molecule has 0 aromatic heterocycles. The van der Waals surface area contributed by atoms with Crippen LogP contribution in [0, 0.1) is 40.9 Å². The van der Waals surface area contributed by atoms with Gasteiger partial charge in [0.2, 0.25) is 0 Å². The minimum absolute atomic E-state index is 0.0201. The standard InChI is InChI=1S/C19H23N3O5/c1-5-7-21-11-15(23)22(18(21)25)12-27-17(24)16-14(19(16,3)4)9-13(10-20)26-8-6-2/h1,9,14,16H,6-8,11-12H2,2-4H3/b13-9+/t14-,16+/m1/s1. The van der Waals surface area contributed by atoms with Crippen molar-refractivity contribution in [3.8, 4) is 18.4 Å². The molecule has 0 unspecified atom stereocenters. The van der Waals surface area contributed by atoms with E-state index in [1.54, 1.807) is 6.08 Å². The Bertz CT molecular complexity index is 743. The van der Waals surface area contributed by atoms with Gasteiger partial charge in [-0.1, -0.05) is 26.7 Å². The first-order valence-corrected chi connectivity index (χ1v) is 8.72. The molecule has 2 aliphatic rings. The van der Waals surface area contributed by atoms with E-state index in [1.807, 2.05) is 26.8 Å². The van der Waals surface area contributed by atoms with Crippen molar-refractivity contribution in [2.45, 2.75) is 27.2 Å². The predicted molar refractivity (Wildman–Crippen MR) is 94.3 cm³/mol. The highest BCUT2D eigenvalue weighted by molar-refractivity contribution is 6.02. The fraction of sp³-hybridized carbons (Fsp3) is 0.579. The maximum atomic E-state index is 12.4. The van der Waals surface area contributed by atoms with Crippen LogP contribution in [0.5, 0.6) is 0 Å². The van der Waals surface area contributed by atoms with Gasteiger partial charge < -0.3 is 14.4 Å². The quantitative estimate of drug-likeness (QED) is 0.210. The Labute approximate surface area is 158 Å². The molecule has 0 radical (unpaired) electrons. The van der Waals surface area contributed by atoms with Gasteiger partial charge in [-0.05, 0) is 17.9 Å². The molecule has 8 heteroatoms. The van der Waals surface area contributed by atoms with Gasteiger partial charge in [-0.2, -0.15) is 5.26 Å². The lowest BCUT2D eigenvalue weighted by atomic mass is 10.1. The van der Waals surface area contributed by atoms with Crippen molar-refractivity contribution in [3.05, 3.63) is 11.8 Å². The van der Waals surface area contributed by atoms with Crippen LogP contribution < -0.4 is 0 Å². The molecular weight excluding hydrogens is 350 g/mol. The van der Waals surface area contributed by atoms with Crippen molar-refractivity contribution >= 4 is 17.9 Å². The van der Waals surface area contributed by atoms with Gasteiger partial charge in [0.15, 0.2) is 12.5 Å². The summed E-state index contributed by atoms with van der Waals surface area (Å²) in [5.41, 5.74) is -0.400. The molecule has 0 aromatic rings. The van der Waals surface area contributed by atoms with Crippen LogP contribution in [0.25, 0.3) is 0 Å². The molecule has 2 atom stereocenters. The molecule has 1 saturated heterocycles. The Hall–Kier alpha value is -3.00. The molecule has 2 fully saturated rings. The fourth-order valence-electron chi connectivity index (χ4n) is 3.10. The Balaban J connectivity index is 1.96. The maximum absolute atomic E-state index is 12.4. The third-order valence-corrected chi connectivity index (χ3v) is 4.81. The second kappa shape index (κ2) is 8.13. The fourth-order valence-corrected chi connectivity index (χ4v) is 3.10. The molecule has 0 spiro atoms. The normalized spacial score (nSPS) is 23.7. The van der Waals surface area contributed by atoms with Crippen molar-refractivity contribution in [2.24, 2.45) is 17.3 Å². The minimum atomic E-state index is -0.572. The first kappa shape index (κ1) is 20.3. The third-order valence-electron chi connectivity index (χ3n) is 4.81. The summed E-state index contributed by atoms with van der Waals surface area (Å²) in [7, 11) is 0. The van der Waals surface area contributed by atoms with Gasteiger partial charge in [-0.25, -0.2) is 9.69 Å². The van der Waals surface area contributed by atoms with Crippen LogP contribution in [-0.4, -0.2) is 54.1 Å². The van der Waals surface area contributed by atoms with E-state index in [0.29, 0.717) is 6.61 Å². The van der Waals surface area contributed by atoms with E-state index >= 15 is 0 Å². The molecule has 8 nitrogen and oxygen atoms in total. The number of imide groups is 1. The van der Waals surface area contributed by atoms with Crippen molar-refractivity contribution in [3.63, 3.8) is 0 Å². The number of hydrogen-bond acceptors (Lipinski definition) is 6. The van der Waals surface area contributed by atoms with Gasteiger partial charge in [0.25, 0.3) is 5.91 Å². The number of ether oxygens (including phenoxy) is 2. The molecular formula is C19H23N3O5. The topological polar surface area (TPSA) is 99.9 Å². The predicted octanol–water partition coefficient (Wildman–Crippen LogP) is 1.49. The van der Waals surface area contributed by atoms with Crippen LogP contribution in [0.1, 0.15) is 27.2 Å². The second-order valence-corrected chi connectivity index (χ2v) is 7.07. The molecule has 2 rings (SSSR count). The number of terminal acetylenes is 1. The van der Waals surface area contributed by atoms with E-state index in [2.05, 4.69) is 5.92 Å². The van der Waals surface area contributed by atoms with Gasteiger partial charge in [0.05, 0.1) is 19.1 Å². The smallest absolute Gasteiger partial charge is 0.330 e.